The van der Waals surface area contributed by atoms with E-state index in [9.17, 15) is 33.0 Å². The van der Waals surface area contributed by atoms with Crippen molar-refractivity contribution in [2.45, 2.75) is 32.6 Å². The third-order valence-electron chi connectivity index (χ3n) is 4.40. The van der Waals surface area contributed by atoms with Gasteiger partial charge in [0.05, 0.1) is 18.1 Å². The molecule has 1 aliphatic heterocycles. The summed E-state index contributed by atoms with van der Waals surface area (Å²) in [6.45, 7) is 1.74. The van der Waals surface area contributed by atoms with Gasteiger partial charge in [0.2, 0.25) is 0 Å². The molecule has 0 bridgehead atoms. The first kappa shape index (κ1) is 26.0. The van der Waals surface area contributed by atoms with Crippen LogP contribution in [0.4, 0.5) is 0 Å². The fourth-order valence-electron chi connectivity index (χ4n) is 2.76. The van der Waals surface area contributed by atoms with Crippen LogP contribution >= 0.6 is 23.5 Å². The molecule has 0 aliphatic carbocycles. The average Bonchev–Trinajstić information content (AvgIpc) is 2.87. The Morgan fingerprint density at radius 1 is 1.23 bits per heavy atom. The van der Waals surface area contributed by atoms with E-state index in [2.05, 4.69) is 13.1 Å². The maximum absolute atomic E-state index is 12.2. The highest BCUT2D eigenvalue weighted by atomic mass is 31.3. The number of Topliss-reactive ketones (excluding diaryl/α,β-unsaturated/α-hetero) is 1. The topological polar surface area (TPSA) is 241 Å². The summed E-state index contributed by atoms with van der Waals surface area (Å²) >= 11 is 0. The molecule has 2 rings (SSSR count). The van der Waals surface area contributed by atoms with Crippen LogP contribution in [0, 0.1) is 5.41 Å². The van der Waals surface area contributed by atoms with Gasteiger partial charge in [-0.3, -0.25) is 23.7 Å². The summed E-state index contributed by atoms with van der Waals surface area (Å²) < 4.78 is 52.2. The zero-order valence-corrected chi connectivity index (χ0v) is 18.6. The normalized spacial score (nSPS) is 28.1. The summed E-state index contributed by atoms with van der Waals surface area (Å²) in [5.41, 5.74) is -2.86. The van der Waals surface area contributed by atoms with E-state index in [4.69, 9.17) is 19.4 Å². The Morgan fingerprint density at radius 3 is 2.35 bits per heavy atom. The second-order valence-corrected chi connectivity index (χ2v) is 11.1. The molecule has 1 aliphatic rings. The zero-order chi connectivity index (χ0) is 23.8. The van der Waals surface area contributed by atoms with Gasteiger partial charge in [-0.1, -0.05) is 0 Å². The number of ether oxygens (including phenoxy) is 1. The van der Waals surface area contributed by atoms with Crippen LogP contribution in [0.3, 0.4) is 0 Å². The van der Waals surface area contributed by atoms with E-state index in [1.165, 1.54) is 13.8 Å². The highest BCUT2D eigenvalue weighted by molar-refractivity contribution is 7.66. The largest absolute Gasteiger partial charge is 0.490 e. The molecule has 0 radical (unpaired) electrons. The van der Waals surface area contributed by atoms with Crippen LogP contribution in [-0.2, 0) is 36.4 Å². The summed E-state index contributed by atoms with van der Waals surface area (Å²) in [6, 6.07) is 1.04. The van der Waals surface area contributed by atoms with Crippen molar-refractivity contribution in [3.63, 3.8) is 0 Å². The number of H-pyrrole nitrogens is 1. The quantitative estimate of drug-likeness (QED) is 0.271. The number of phosphoric ester groups is 1. The Bertz CT molecular complexity index is 1110. The van der Waals surface area contributed by atoms with E-state index in [0.717, 1.165) is 16.8 Å². The van der Waals surface area contributed by atoms with Gasteiger partial charge in [-0.15, -0.1) is 0 Å². The first-order chi connectivity index (χ1) is 13.9. The minimum Gasteiger partial charge on any atom is -0.351 e. The summed E-state index contributed by atoms with van der Waals surface area (Å²) in [5, 5.41) is 0. The van der Waals surface area contributed by atoms with Gasteiger partial charge in [-0.05, 0) is 13.8 Å². The van der Waals surface area contributed by atoms with Crippen LogP contribution in [0.25, 0.3) is 0 Å². The Balaban J connectivity index is 2.18. The van der Waals surface area contributed by atoms with Crippen molar-refractivity contribution in [3.05, 3.63) is 33.1 Å². The van der Waals surface area contributed by atoms with Crippen LogP contribution in [0.15, 0.2) is 21.9 Å². The highest BCUT2D eigenvalue weighted by Crippen LogP contribution is 2.66. The number of phosphoric acid groups is 3. The van der Waals surface area contributed by atoms with E-state index in [-0.39, 0.29) is 6.42 Å². The molecule has 5 atom stereocenters. The van der Waals surface area contributed by atoms with E-state index >= 15 is 0 Å². The molecule has 1 aromatic rings. The number of hydrogen-bond acceptors (Lipinski definition) is 10. The lowest BCUT2D eigenvalue weighted by molar-refractivity contribution is -0.130. The standard InChI is InChI=1S/C12H19N2O14P3/c1-7(15)12(2)5-10(14-4-3-9(16)13-11(14)17)26-8(12)6-25-30(21,22)28-31(23,24)27-29(18,19)20/h3-4,8,10H,5-6H2,1-2H3,(H,21,22)(H,23,24)(H,13,16,17)(H2,18,19,20). The molecule has 1 aromatic heterocycles. The zero-order valence-electron chi connectivity index (χ0n) is 15.9. The van der Waals surface area contributed by atoms with Gasteiger partial charge in [0, 0.05) is 18.7 Å². The number of rotatable bonds is 9. The summed E-state index contributed by atoms with van der Waals surface area (Å²) in [6.07, 6.45) is -1.32. The third kappa shape index (κ3) is 6.85. The molecule has 16 nitrogen and oxygen atoms in total. The van der Waals surface area contributed by atoms with Crippen molar-refractivity contribution < 1.29 is 55.9 Å². The molecule has 0 saturated carbocycles. The highest BCUT2D eigenvalue weighted by Gasteiger charge is 2.51. The van der Waals surface area contributed by atoms with Crippen LogP contribution in [0.1, 0.15) is 26.5 Å². The van der Waals surface area contributed by atoms with Gasteiger partial charge in [0.25, 0.3) is 5.56 Å². The van der Waals surface area contributed by atoms with Crippen LogP contribution in [0.5, 0.6) is 0 Å². The lowest BCUT2D eigenvalue weighted by Crippen LogP contribution is -2.37. The minimum atomic E-state index is -5.71. The molecule has 176 valence electrons. The van der Waals surface area contributed by atoms with Crippen molar-refractivity contribution in [2.75, 3.05) is 6.61 Å². The van der Waals surface area contributed by atoms with Crippen molar-refractivity contribution >= 4 is 29.3 Å². The van der Waals surface area contributed by atoms with Crippen LogP contribution < -0.4 is 11.2 Å². The predicted octanol–water partition coefficient (Wildman–Crippen LogP) is -0.237. The van der Waals surface area contributed by atoms with Crippen LogP contribution in [0.2, 0.25) is 0 Å². The molecule has 1 fully saturated rings. The smallest absolute Gasteiger partial charge is 0.351 e. The molecule has 19 heteroatoms. The molecule has 0 spiro atoms. The van der Waals surface area contributed by atoms with Gasteiger partial charge >= 0.3 is 29.2 Å². The summed E-state index contributed by atoms with van der Waals surface area (Å²) in [4.78, 5) is 73.1. The van der Waals surface area contributed by atoms with Crippen molar-refractivity contribution in [3.8, 4) is 0 Å². The van der Waals surface area contributed by atoms with Crippen molar-refractivity contribution in [1.29, 1.82) is 0 Å². The average molecular weight is 508 g/mol. The monoisotopic (exact) mass is 508 g/mol. The predicted molar refractivity (Wildman–Crippen MR) is 98.5 cm³/mol. The number of aromatic nitrogens is 2. The maximum Gasteiger partial charge on any atom is 0.490 e. The van der Waals surface area contributed by atoms with E-state index in [1.54, 1.807) is 0 Å². The van der Waals surface area contributed by atoms with E-state index in [0.29, 0.717) is 0 Å². The lowest BCUT2D eigenvalue weighted by atomic mass is 9.79. The number of nitrogens with zero attached hydrogens (tertiary/aromatic N) is 1. The van der Waals surface area contributed by atoms with Gasteiger partial charge in [-0.2, -0.15) is 8.62 Å². The SMILES string of the molecule is CC(=O)C1(C)CC(n2ccc(=O)[nH]c2=O)OC1COP(=O)(O)OP(=O)(O)OP(=O)(O)O. The molecule has 5 N–H and O–H groups in total. The second-order valence-electron chi connectivity index (χ2n) is 6.66. The number of carbonyl (C=O) groups is 1. The molecule has 31 heavy (non-hydrogen) atoms. The molecular formula is C12H19N2O14P3. The Labute approximate surface area is 173 Å². The lowest BCUT2D eigenvalue weighted by Gasteiger charge is -2.27. The fraction of sp³-hybridized carbons (Fsp3) is 0.583. The van der Waals surface area contributed by atoms with Crippen molar-refractivity contribution in [2.24, 2.45) is 5.41 Å². The number of nitrogens with one attached hydrogen (secondary N) is 1. The van der Waals surface area contributed by atoms with Gasteiger partial charge in [-0.25, -0.2) is 18.5 Å². The van der Waals surface area contributed by atoms with Crippen molar-refractivity contribution in [1.82, 2.24) is 9.55 Å². The van der Waals surface area contributed by atoms with Gasteiger partial charge in [0.1, 0.15) is 12.0 Å². The van der Waals surface area contributed by atoms with Gasteiger partial charge < -0.3 is 24.3 Å². The third-order valence-corrected chi connectivity index (χ3v) is 8.20. The Kier molecular flexibility index (Phi) is 7.48. The molecule has 5 unspecified atom stereocenters. The van der Waals surface area contributed by atoms with Crippen LogP contribution in [-0.4, -0.2) is 47.6 Å². The second kappa shape index (κ2) is 8.93. The maximum atomic E-state index is 12.2. The minimum absolute atomic E-state index is 0.0985. The van der Waals surface area contributed by atoms with Gasteiger partial charge in [0.15, 0.2) is 0 Å². The molecule has 1 saturated heterocycles. The fourth-order valence-corrected chi connectivity index (χ4v) is 5.78. The number of hydrogen-bond donors (Lipinski definition) is 5. The van der Waals surface area contributed by atoms with E-state index in [1.807, 2.05) is 4.98 Å². The Morgan fingerprint density at radius 2 is 1.84 bits per heavy atom. The number of carbonyl (C=O) groups excluding carboxylic acids is 1. The Hall–Kier alpha value is -1.28. The molecule has 0 aromatic carbocycles. The van der Waals surface area contributed by atoms with E-state index < -0.39 is 64.9 Å². The molecule has 0 amide bonds. The number of aromatic amines is 1. The first-order valence-corrected chi connectivity index (χ1v) is 12.7. The first-order valence-electron chi connectivity index (χ1n) is 8.20. The molecular weight excluding hydrogens is 489 g/mol. The summed E-state index contributed by atoms with van der Waals surface area (Å²) in [7, 11) is -16.7. The molecule has 2 heterocycles. The summed E-state index contributed by atoms with van der Waals surface area (Å²) in [5.74, 6) is -0.451. The number of ketones is 1.